The van der Waals surface area contributed by atoms with Gasteiger partial charge in [0.05, 0.1) is 6.04 Å². The van der Waals surface area contributed by atoms with Crippen molar-refractivity contribution in [2.75, 3.05) is 0 Å². The van der Waals surface area contributed by atoms with Crippen LogP contribution in [0.2, 0.25) is 5.02 Å². The second-order valence-electron chi connectivity index (χ2n) is 6.10. The third-order valence-corrected chi connectivity index (χ3v) is 3.81. The minimum atomic E-state index is -0.972. The second-order valence-corrected chi connectivity index (χ2v) is 6.51. The van der Waals surface area contributed by atoms with Gasteiger partial charge in [-0.3, -0.25) is 0 Å². The first-order chi connectivity index (χ1) is 9.71. The van der Waals surface area contributed by atoms with Gasteiger partial charge in [0.25, 0.3) is 0 Å². The Kier molecular flexibility index (Phi) is 4.35. The number of rotatable bonds is 2. The zero-order chi connectivity index (χ0) is 15.8. The van der Waals surface area contributed by atoms with Crippen LogP contribution in [0.15, 0.2) is 36.4 Å². The molecule has 4 heteroatoms. The molecule has 1 nitrogen and oxygen atoms in total. The van der Waals surface area contributed by atoms with Crippen LogP contribution in [0.1, 0.15) is 43.5 Å². The maximum atomic E-state index is 13.5. The lowest BCUT2D eigenvalue weighted by Gasteiger charge is -2.26. The maximum absolute atomic E-state index is 13.5. The molecule has 0 fully saturated rings. The van der Waals surface area contributed by atoms with Crippen LogP contribution in [0.25, 0.3) is 0 Å². The molecule has 0 radical (unpaired) electrons. The number of halogens is 3. The Morgan fingerprint density at radius 3 is 2.19 bits per heavy atom. The van der Waals surface area contributed by atoms with Gasteiger partial charge in [-0.15, -0.1) is 0 Å². The molecule has 2 N–H and O–H groups in total. The van der Waals surface area contributed by atoms with Gasteiger partial charge in [-0.1, -0.05) is 56.6 Å². The van der Waals surface area contributed by atoms with E-state index in [4.69, 9.17) is 17.3 Å². The Labute approximate surface area is 128 Å². The molecule has 0 saturated carbocycles. The fraction of sp³-hybridized carbons (Fsp3) is 0.294. The Morgan fingerprint density at radius 1 is 1.00 bits per heavy atom. The molecule has 0 amide bonds. The Morgan fingerprint density at radius 2 is 1.57 bits per heavy atom. The van der Waals surface area contributed by atoms with E-state index in [0.717, 1.165) is 23.3 Å². The van der Waals surface area contributed by atoms with Gasteiger partial charge in [-0.05, 0) is 34.2 Å². The molecule has 1 unspecified atom stereocenters. The molecular weight excluding hydrogens is 292 g/mol. The molecule has 1 atom stereocenters. The predicted molar refractivity (Wildman–Crippen MR) is 82.5 cm³/mol. The van der Waals surface area contributed by atoms with Gasteiger partial charge in [-0.25, -0.2) is 8.78 Å². The highest BCUT2D eigenvalue weighted by Crippen LogP contribution is 2.34. The summed E-state index contributed by atoms with van der Waals surface area (Å²) in [4.78, 5) is 0. The fourth-order valence-corrected chi connectivity index (χ4v) is 2.66. The van der Waals surface area contributed by atoms with Gasteiger partial charge in [0.15, 0.2) is 11.6 Å². The van der Waals surface area contributed by atoms with Crippen molar-refractivity contribution in [3.8, 4) is 0 Å². The summed E-state index contributed by atoms with van der Waals surface area (Å²) in [6, 6.07) is 9.12. The maximum Gasteiger partial charge on any atom is 0.160 e. The third-order valence-electron chi connectivity index (χ3n) is 3.48. The van der Waals surface area contributed by atoms with E-state index in [2.05, 4.69) is 20.8 Å². The molecule has 0 aliphatic heterocycles. The highest BCUT2D eigenvalue weighted by molar-refractivity contribution is 6.31. The van der Waals surface area contributed by atoms with Crippen molar-refractivity contribution in [3.05, 3.63) is 69.7 Å². The van der Waals surface area contributed by atoms with Crippen molar-refractivity contribution < 1.29 is 8.78 Å². The van der Waals surface area contributed by atoms with E-state index in [1.54, 1.807) is 0 Å². The van der Waals surface area contributed by atoms with Crippen molar-refractivity contribution in [2.24, 2.45) is 5.73 Å². The number of hydrogen-bond donors (Lipinski definition) is 1. The largest absolute Gasteiger partial charge is 0.320 e. The van der Waals surface area contributed by atoms with Gasteiger partial charge in [0, 0.05) is 5.02 Å². The summed E-state index contributed by atoms with van der Waals surface area (Å²) in [5.41, 5.74) is 8.44. The molecule has 2 aromatic carbocycles. The smallest absolute Gasteiger partial charge is 0.160 e. The highest BCUT2D eigenvalue weighted by Gasteiger charge is 2.23. The monoisotopic (exact) mass is 309 g/mol. The van der Waals surface area contributed by atoms with Gasteiger partial charge in [0.2, 0.25) is 0 Å². The first kappa shape index (κ1) is 15.9. The van der Waals surface area contributed by atoms with Gasteiger partial charge < -0.3 is 5.73 Å². The fourth-order valence-electron chi connectivity index (χ4n) is 2.40. The lowest BCUT2D eigenvalue weighted by Crippen LogP contribution is -2.21. The topological polar surface area (TPSA) is 26.0 Å². The molecule has 0 aromatic heterocycles. The minimum Gasteiger partial charge on any atom is -0.320 e. The van der Waals surface area contributed by atoms with Crippen LogP contribution in [-0.2, 0) is 5.41 Å². The zero-order valence-electron chi connectivity index (χ0n) is 12.3. The van der Waals surface area contributed by atoms with Crippen molar-refractivity contribution in [1.29, 1.82) is 0 Å². The quantitative estimate of drug-likeness (QED) is 0.779. The predicted octanol–water partition coefficient (Wildman–Crippen LogP) is 4.96. The van der Waals surface area contributed by atoms with Crippen molar-refractivity contribution >= 4 is 11.6 Å². The second kappa shape index (κ2) is 5.74. The van der Waals surface area contributed by atoms with E-state index in [1.165, 1.54) is 0 Å². The van der Waals surface area contributed by atoms with Gasteiger partial charge in [0.1, 0.15) is 0 Å². The van der Waals surface area contributed by atoms with Crippen LogP contribution < -0.4 is 5.73 Å². The average molecular weight is 310 g/mol. The molecule has 0 aliphatic carbocycles. The van der Waals surface area contributed by atoms with E-state index >= 15 is 0 Å². The average Bonchev–Trinajstić information content (AvgIpc) is 2.41. The summed E-state index contributed by atoms with van der Waals surface area (Å²) in [5.74, 6) is -1.92. The molecule has 2 aromatic rings. The first-order valence-corrected chi connectivity index (χ1v) is 7.09. The van der Waals surface area contributed by atoms with Crippen LogP contribution in [0.3, 0.4) is 0 Å². The molecule has 21 heavy (non-hydrogen) atoms. The SMILES string of the molecule is CC(C)(C)c1ccccc1C(N)c1cc(F)c(F)cc1Cl. The molecule has 2 rings (SSSR count). The summed E-state index contributed by atoms with van der Waals surface area (Å²) in [7, 11) is 0. The van der Waals surface area contributed by atoms with Crippen molar-refractivity contribution in [2.45, 2.75) is 32.2 Å². The van der Waals surface area contributed by atoms with Crippen LogP contribution in [0.4, 0.5) is 8.78 Å². The van der Waals surface area contributed by atoms with E-state index < -0.39 is 17.7 Å². The number of benzene rings is 2. The standard InChI is InChI=1S/C17H18ClF2N/c1-17(2,3)12-7-5-4-6-10(12)16(21)11-8-14(19)15(20)9-13(11)18/h4-9,16H,21H2,1-3H3. The van der Waals surface area contributed by atoms with Crippen LogP contribution in [0.5, 0.6) is 0 Å². The lowest BCUT2D eigenvalue weighted by atomic mass is 9.81. The molecule has 0 spiro atoms. The van der Waals surface area contributed by atoms with Crippen LogP contribution in [0, 0.1) is 11.6 Å². The summed E-state index contributed by atoms with van der Waals surface area (Å²) < 4.78 is 26.7. The summed E-state index contributed by atoms with van der Waals surface area (Å²) in [6.07, 6.45) is 0. The van der Waals surface area contributed by atoms with E-state index in [0.29, 0.717) is 5.56 Å². The minimum absolute atomic E-state index is 0.112. The lowest BCUT2D eigenvalue weighted by molar-refractivity contribution is 0.506. The third kappa shape index (κ3) is 3.25. The van der Waals surface area contributed by atoms with E-state index in [9.17, 15) is 8.78 Å². The molecular formula is C17H18ClF2N. The first-order valence-electron chi connectivity index (χ1n) is 6.71. The number of nitrogens with two attached hydrogens (primary N) is 1. The summed E-state index contributed by atoms with van der Waals surface area (Å²) in [5, 5.41) is 0.130. The van der Waals surface area contributed by atoms with E-state index in [1.807, 2.05) is 24.3 Å². The van der Waals surface area contributed by atoms with Crippen LogP contribution in [-0.4, -0.2) is 0 Å². The molecule has 0 heterocycles. The zero-order valence-corrected chi connectivity index (χ0v) is 13.0. The summed E-state index contributed by atoms with van der Waals surface area (Å²) >= 11 is 6.03. The summed E-state index contributed by atoms with van der Waals surface area (Å²) in [6.45, 7) is 6.22. The van der Waals surface area contributed by atoms with Crippen molar-refractivity contribution in [1.82, 2.24) is 0 Å². The van der Waals surface area contributed by atoms with Gasteiger partial charge in [-0.2, -0.15) is 0 Å². The molecule has 0 aliphatic rings. The molecule has 0 saturated heterocycles. The highest BCUT2D eigenvalue weighted by atomic mass is 35.5. The van der Waals surface area contributed by atoms with Crippen LogP contribution >= 0.6 is 11.6 Å². The Hall–Kier alpha value is -1.45. The van der Waals surface area contributed by atoms with Crippen molar-refractivity contribution in [3.63, 3.8) is 0 Å². The Balaban J connectivity index is 2.56. The molecule has 112 valence electrons. The van der Waals surface area contributed by atoms with E-state index in [-0.39, 0.29) is 10.4 Å². The Bertz CT molecular complexity index is 662. The normalized spacial score (nSPS) is 13.3. The van der Waals surface area contributed by atoms with Gasteiger partial charge >= 0.3 is 0 Å². The molecule has 0 bridgehead atoms. The number of hydrogen-bond acceptors (Lipinski definition) is 1.